The van der Waals surface area contributed by atoms with Crippen LogP contribution in [0.1, 0.15) is 61.8 Å². The topological polar surface area (TPSA) is 35.5 Å². The number of hydrogen-bond acceptors (Lipinski definition) is 3. The van der Waals surface area contributed by atoms with Crippen molar-refractivity contribution in [3.8, 4) is 0 Å². The first-order valence-corrected chi connectivity index (χ1v) is 14.2. The van der Waals surface area contributed by atoms with E-state index in [9.17, 15) is 4.79 Å². The van der Waals surface area contributed by atoms with Gasteiger partial charge in [-0.3, -0.25) is 0 Å². The maximum Gasteiger partial charge on any atom is 0.333 e. The molecule has 0 radical (unpaired) electrons. The molecule has 0 unspecified atom stereocenters. The number of rotatable bonds is 9. The van der Waals surface area contributed by atoms with Crippen LogP contribution in [0, 0.1) is 11.8 Å². The quantitative estimate of drug-likeness (QED) is 0.104. The molecular formula is C23H41IO3Si. The summed E-state index contributed by atoms with van der Waals surface area (Å²) < 4.78 is 13.9. The molecular weight excluding hydrogens is 479 g/mol. The van der Waals surface area contributed by atoms with Gasteiger partial charge in [-0.15, -0.1) is 0 Å². The normalized spacial score (nSPS) is 17.9. The summed E-state index contributed by atoms with van der Waals surface area (Å²) in [5.74, 6) is 0.364. The van der Waals surface area contributed by atoms with Crippen molar-refractivity contribution in [2.75, 3.05) is 7.11 Å². The van der Waals surface area contributed by atoms with Crippen LogP contribution >= 0.6 is 22.6 Å². The molecule has 0 amide bonds. The lowest BCUT2D eigenvalue weighted by atomic mass is 9.88. The smallest absolute Gasteiger partial charge is 0.333 e. The zero-order chi connectivity index (χ0) is 22.3. The van der Waals surface area contributed by atoms with Crippen molar-refractivity contribution in [2.45, 2.75) is 86.0 Å². The van der Waals surface area contributed by atoms with Crippen LogP contribution < -0.4 is 0 Å². The van der Waals surface area contributed by atoms with Crippen molar-refractivity contribution < 1.29 is 14.0 Å². The van der Waals surface area contributed by atoms with Gasteiger partial charge in [0.2, 0.25) is 0 Å². The van der Waals surface area contributed by atoms with Gasteiger partial charge in [0.1, 0.15) is 0 Å². The molecule has 0 aromatic heterocycles. The molecule has 0 spiro atoms. The monoisotopic (exact) mass is 520 g/mol. The van der Waals surface area contributed by atoms with E-state index in [0.717, 1.165) is 12.0 Å². The van der Waals surface area contributed by atoms with Gasteiger partial charge in [-0.2, -0.15) is 0 Å². The molecule has 0 saturated carbocycles. The number of esters is 1. The molecule has 0 saturated heterocycles. The minimum absolute atomic E-state index is 0.133. The van der Waals surface area contributed by atoms with E-state index in [0.29, 0.717) is 11.5 Å². The van der Waals surface area contributed by atoms with Gasteiger partial charge in [-0.25, -0.2) is 4.79 Å². The fourth-order valence-corrected chi connectivity index (χ4v) is 4.78. The Morgan fingerprint density at radius 2 is 1.68 bits per heavy atom. The Kier molecular flexibility index (Phi) is 11.5. The summed E-state index contributed by atoms with van der Waals surface area (Å²) in [7, 11) is -0.490. The van der Waals surface area contributed by atoms with Crippen LogP contribution in [-0.2, 0) is 14.0 Å². The Bertz CT molecular complexity index is 612. The molecule has 0 aliphatic rings. The molecule has 0 aliphatic carbocycles. The summed E-state index contributed by atoms with van der Waals surface area (Å²) in [6.07, 6.45) is 5.28. The first-order chi connectivity index (χ1) is 12.7. The Labute approximate surface area is 188 Å². The maximum absolute atomic E-state index is 11.7. The fraction of sp³-hybridized carbons (Fsp3) is 0.696. The summed E-state index contributed by atoms with van der Waals surface area (Å²) in [4.78, 5) is 11.7. The van der Waals surface area contributed by atoms with E-state index in [2.05, 4.69) is 87.4 Å². The number of hydrogen-bond donors (Lipinski definition) is 0. The van der Waals surface area contributed by atoms with Crippen LogP contribution in [0.5, 0.6) is 0 Å². The number of methoxy groups -OCH3 is 1. The number of halogens is 1. The van der Waals surface area contributed by atoms with E-state index in [1.54, 1.807) is 6.92 Å². The van der Waals surface area contributed by atoms with Crippen LogP contribution in [0.25, 0.3) is 0 Å². The van der Waals surface area contributed by atoms with Crippen molar-refractivity contribution in [1.82, 2.24) is 0 Å². The predicted octanol–water partition coefficient (Wildman–Crippen LogP) is 7.44. The summed E-state index contributed by atoms with van der Waals surface area (Å²) in [5, 5.41) is 0.166. The maximum atomic E-state index is 11.7. The first kappa shape index (κ1) is 27.6. The van der Waals surface area contributed by atoms with E-state index in [4.69, 9.17) is 9.16 Å². The summed E-state index contributed by atoms with van der Waals surface area (Å²) in [5.41, 5.74) is 3.06. The van der Waals surface area contributed by atoms with Crippen molar-refractivity contribution in [3.63, 3.8) is 0 Å². The highest BCUT2D eigenvalue weighted by molar-refractivity contribution is 14.1. The van der Waals surface area contributed by atoms with Gasteiger partial charge in [-0.1, -0.05) is 74.4 Å². The van der Waals surface area contributed by atoms with Crippen LogP contribution in [0.15, 0.2) is 33.0 Å². The lowest BCUT2D eigenvalue weighted by molar-refractivity contribution is -0.136. The van der Waals surface area contributed by atoms with Crippen molar-refractivity contribution >= 4 is 36.9 Å². The summed E-state index contributed by atoms with van der Waals surface area (Å²) >= 11 is 2.31. The Morgan fingerprint density at radius 3 is 2.11 bits per heavy atom. The molecule has 0 heterocycles. The summed E-state index contributed by atoms with van der Waals surface area (Å²) in [6, 6.07) is 0. The van der Waals surface area contributed by atoms with E-state index in [1.807, 2.05) is 13.0 Å². The number of carbonyl (C=O) groups excluding carboxylic acids is 1. The van der Waals surface area contributed by atoms with E-state index in [1.165, 1.54) is 12.7 Å². The molecule has 0 aliphatic heterocycles. The average Bonchev–Trinajstić information content (AvgIpc) is 2.57. The number of carbonyl (C=O) groups is 1. The van der Waals surface area contributed by atoms with Crippen LogP contribution in [0.2, 0.25) is 18.1 Å². The van der Waals surface area contributed by atoms with Crippen LogP contribution in [0.4, 0.5) is 0 Å². The Hall–Kier alpha value is -0.403. The second kappa shape index (κ2) is 11.7. The second-order valence-corrected chi connectivity index (χ2v) is 14.9. The van der Waals surface area contributed by atoms with Crippen LogP contribution in [0.3, 0.4) is 0 Å². The molecule has 0 aromatic carbocycles. The minimum atomic E-state index is -1.90. The largest absolute Gasteiger partial charge is 0.466 e. The number of ether oxygens (including phenoxy) is 1. The van der Waals surface area contributed by atoms with E-state index >= 15 is 0 Å². The molecule has 0 rings (SSSR count). The number of allylic oxidation sites excluding steroid dienone is 3. The SMILES string of the molecule is COC(=O)/C(C)=C/C(C)=C/[C@@H](C)[C@@H](O[Si](C)(C)C(C)(C)C)[C@@H](C)C/C(C)=C/I. The molecule has 0 fully saturated rings. The van der Waals surface area contributed by atoms with Crippen LogP contribution in [-0.4, -0.2) is 27.5 Å². The Morgan fingerprint density at radius 1 is 1.14 bits per heavy atom. The highest BCUT2D eigenvalue weighted by Crippen LogP contribution is 2.40. The van der Waals surface area contributed by atoms with Gasteiger partial charge in [0.05, 0.1) is 13.2 Å². The third-order valence-corrected chi connectivity index (χ3v) is 11.2. The third kappa shape index (κ3) is 8.95. The summed E-state index contributed by atoms with van der Waals surface area (Å²) in [6.45, 7) is 22.0. The van der Waals surface area contributed by atoms with Crippen molar-refractivity contribution in [2.24, 2.45) is 11.8 Å². The second-order valence-electron chi connectivity index (χ2n) is 9.57. The highest BCUT2D eigenvalue weighted by Gasteiger charge is 2.41. The Balaban J connectivity index is 5.77. The molecule has 0 aromatic rings. The third-order valence-electron chi connectivity index (χ3n) is 5.62. The molecule has 3 atom stereocenters. The van der Waals surface area contributed by atoms with Gasteiger partial charge in [0.25, 0.3) is 0 Å². The minimum Gasteiger partial charge on any atom is -0.466 e. The van der Waals surface area contributed by atoms with E-state index in [-0.39, 0.29) is 23.0 Å². The van der Waals surface area contributed by atoms with Gasteiger partial charge >= 0.3 is 5.97 Å². The molecule has 3 nitrogen and oxygen atoms in total. The fourth-order valence-electron chi connectivity index (χ4n) is 3.05. The zero-order valence-corrected chi connectivity index (χ0v) is 22.9. The van der Waals surface area contributed by atoms with E-state index < -0.39 is 8.32 Å². The standard InChI is InChI=1S/C23H41IO3Si/c1-16(13-20(5)22(25)26-9)12-18(3)21(19(4)14-17(2)15-24)27-28(10,11)23(6,7)8/h12-13,15,18-19,21H,14H2,1-11H3/b16-12+,17-15+,20-13+/t18-,19+,21-/m1/s1. The van der Waals surface area contributed by atoms with Crippen molar-refractivity contribution in [1.29, 1.82) is 0 Å². The lowest BCUT2D eigenvalue weighted by Crippen LogP contribution is -2.47. The van der Waals surface area contributed by atoms with Gasteiger partial charge < -0.3 is 9.16 Å². The molecule has 28 heavy (non-hydrogen) atoms. The van der Waals surface area contributed by atoms with Crippen molar-refractivity contribution in [3.05, 3.63) is 33.0 Å². The molecule has 5 heteroatoms. The predicted molar refractivity (Wildman–Crippen MR) is 132 cm³/mol. The molecule has 0 bridgehead atoms. The highest BCUT2D eigenvalue weighted by atomic mass is 127. The molecule has 0 N–H and O–H groups in total. The average molecular weight is 521 g/mol. The lowest BCUT2D eigenvalue weighted by Gasteiger charge is -2.42. The van der Waals surface area contributed by atoms with Gasteiger partial charge in [0, 0.05) is 5.57 Å². The zero-order valence-electron chi connectivity index (χ0n) is 19.8. The molecule has 162 valence electrons. The first-order valence-electron chi connectivity index (χ1n) is 10.0. The van der Waals surface area contributed by atoms with Gasteiger partial charge in [-0.05, 0) is 67.3 Å². The van der Waals surface area contributed by atoms with Gasteiger partial charge in [0.15, 0.2) is 8.32 Å².